The summed E-state index contributed by atoms with van der Waals surface area (Å²) < 4.78 is 31.0. The summed E-state index contributed by atoms with van der Waals surface area (Å²) in [6.07, 6.45) is -1.70. The van der Waals surface area contributed by atoms with E-state index in [4.69, 9.17) is 23.7 Å². The maximum Gasteiger partial charge on any atom is 0.190 e. The standard InChI is InChI=1S/C31H32O6/c1-30(2)35-27-28(34-18-22-12-14-24-8-4-6-10-26(24)16-22)31(19-32,37-29(27)36-30)20-33-17-21-11-13-23-7-3-5-9-25(23)15-21/h3-16,27-29,32H,17-20H2,1-2H3/t27-,28+,29+,31-/m1/s1. The van der Waals surface area contributed by atoms with Gasteiger partial charge in [0.15, 0.2) is 12.1 Å². The largest absolute Gasteiger partial charge is 0.393 e. The average molecular weight is 501 g/mol. The van der Waals surface area contributed by atoms with Crippen LogP contribution in [0.25, 0.3) is 21.5 Å². The maximum absolute atomic E-state index is 10.6. The highest BCUT2D eigenvalue weighted by Crippen LogP contribution is 2.44. The van der Waals surface area contributed by atoms with Crippen molar-refractivity contribution in [1.82, 2.24) is 0 Å². The Morgan fingerprint density at radius 1 is 0.730 bits per heavy atom. The zero-order valence-corrected chi connectivity index (χ0v) is 21.1. The number of hydrogen-bond acceptors (Lipinski definition) is 6. The van der Waals surface area contributed by atoms with Crippen molar-refractivity contribution in [2.75, 3.05) is 13.2 Å². The molecule has 2 aliphatic rings. The minimum absolute atomic E-state index is 0.138. The van der Waals surface area contributed by atoms with Crippen LogP contribution < -0.4 is 0 Å². The summed E-state index contributed by atoms with van der Waals surface area (Å²) in [6, 6.07) is 29.0. The number of fused-ring (bicyclic) bond motifs is 3. The Labute approximate surface area is 216 Å². The van der Waals surface area contributed by atoms with Crippen LogP contribution in [0.5, 0.6) is 0 Å². The Hall–Kier alpha value is -2.84. The van der Waals surface area contributed by atoms with Crippen LogP contribution in [0.3, 0.4) is 0 Å². The van der Waals surface area contributed by atoms with Crippen LogP contribution in [0, 0.1) is 0 Å². The predicted octanol–water partition coefficient (Wildman–Crippen LogP) is 5.33. The maximum atomic E-state index is 10.6. The molecule has 0 aliphatic carbocycles. The molecule has 0 radical (unpaired) electrons. The molecule has 0 aromatic heterocycles. The van der Waals surface area contributed by atoms with E-state index < -0.39 is 29.9 Å². The van der Waals surface area contributed by atoms with Gasteiger partial charge in [-0.15, -0.1) is 0 Å². The second kappa shape index (κ2) is 9.80. The van der Waals surface area contributed by atoms with Gasteiger partial charge in [-0.05, 0) is 58.7 Å². The molecule has 4 atom stereocenters. The van der Waals surface area contributed by atoms with E-state index in [2.05, 4.69) is 60.7 Å². The summed E-state index contributed by atoms with van der Waals surface area (Å²) in [4.78, 5) is 0. The molecule has 2 saturated heterocycles. The van der Waals surface area contributed by atoms with Crippen molar-refractivity contribution in [3.63, 3.8) is 0 Å². The molecule has 192 valence electrons. The lowest BCUT2D eigenvalue weighted by atomic mass is 9.96. The van der Waals surface area contributed by atoms with Crippen molar-refractivity contribution in [1.29, 1.82) is 0 Å². The van der Waals surface area contributed by atoms with Gasteiger partial charge in [-0.25, -0.2) is 0 Å². The lowest BCUT2D eigenvalue weighted by Crippen LogP contribution is -2.52. The summed E-state index contributed by atoms with van der Waals surface area (Å²) in [6.45, 7) is 4.29. The topological polar surface area (TPSA) is 66.4 Å². The van der Waals surface area contributed by atoms with Crippen LogP contribution in [0.15, 0.2) is 84.9 Å². The summed E-state index contributed by atoms with van der Waals surface area (Å²) >= 11 is 0. The van der Waals surface area contributed by atoms with Crippen molar-refractivity contribution < 1.29 is 28.8 Å². The number of benzene rings is 4. The number of ether oxygens (including phenoxy) is 5. The first-order chi connectivity index (χ1) is 17.9. The van der Waals surface area contributed by atoms with E-state index in [1.165, 1.54) is 10.8 Å². The van der Waals surface area contributed by atoms with Crippen LogP contribution in [0.2, 0.25) is 0 Å². The fourth-order valence-corrected chi connectivity index (χ4v) is 5.37. The third-order valence-electron chi connectivity index (χ3n) is 7.20. The van der Waals surface area contributed by atoms with Gasteiger partial charge in [-0.2, -0.15) is 0 Å². The van der Waals surface area contributed by atoms with Crippen molar-refractivity contribution in [2.45, 2.75) is 56.9 Å². The highest BCUT2D eigenvalue weighted by molar-refractivity contribution is 5.83. The van der Waals surface area contributed by atoms with E-state index >= 15 is 0 Å². The molecule has 6 heteroatoms. The Morgan fingerprint density at radius 2 is 1.32 bits per heavy atom. The highest BCUT2D eigenvalue weighted by Gasteiger charge is 2.62. The number of aliphatic hydroxyl groups excluding tert-OH is 1. The minimum Gasteiger partial charge on any atom is -0.393 e. The van der Waals surface area contributed by atoms with Crippen LogP contribution in [0.1, 0.15) is 25.0 Å². The van der Waals surface area contributed by atoms with Crippen molar-refractivity contribution in [2.24, 2.45) is 0 Å². The van der Waals surface area contributed by atoms with Crippen LogP contribution >= 0.6 is 0 Å². The molecular weight excluding hydrogens is 468 g/mol. The molecule has 4 aromatic carbocycles. The van der Waals surface area contributed by atoms with E-state index in [-0.39, 0.29) is 13.2 Å². The Kier molecular flexibility index (Phi) is 6.49. The van der Waals surface area contributed by atoms with Gasteiger partial charge in [0.1, 0.15) is 17.8 Å². The van der Waals surface area contributed by atoms with Gasteiger partial charge >= 0.3 is 0 Å². The van der Waals surface area contributed by atoms with Crippen molar-refractivity contribution in [3.8, 4) is 0 Å². The van der Waals surface area contributed by atoms with Crippen LogP contribution in [0.4, 0.5) is 0 Å². The molecular formula is C31H32O6. The smallest absolute Gasteiger partial charge is 0.190 e. The Morgan fingerprint density at radius 3 is 1.95 bits per heavy atom. The molecule has 1 N–H and O–H groups in total. The van der Waals surface area contributed by atoms with E-state index in [0.717, 1.165) is 21.9 Å². The second-order valence-corrected chi connectivity index (χ2v) is 10.4. The van der Waals surface area contributed by atoms with Gasteiger partial charge in [0.05, 0.1) is 26.4 Å². The zero-order valence-electron chi connectivity index (χ0n) is 21.1. The first-order valence-electron chi connectivity index (χ1n) is 12.7. The summed E-state index contributed by atoms with van der Waals surface area (Å²) in [5.41, 5.74) is 0.969. The number of hydrogen-bond donors (Lipinski definition) is 1. The fraction of sp³-hybridized carbons (Fsp3) is 0.355. The first kappa shape index (κ1) is 24.5. The lowest BCUT2D eigenvalue weighted by Gasteiger charge is -2.35. The lowest BCUT2D eigenvalue weighted by molar-refractivity contribution is -0.261. The SMILES string of the molecule is CC1(C)O[C@H]2O[C@](CO)(COCc3ccc4ccccc4c3)[C@@H](OCc3ccc4ccccc4c3)[C@H]2O1. The predicted molar refractivity (Wildman–Crippen MR) is 141 cm³/mol. The van der Waals surface area contributed by atoms with Gasteiger partial charge in [-0.3, -0.25) is 0 Å². The molecule has 6 rings (SSSR count). The van der Waals surface area contributed by atoms with E-state index in [0.29, 0.717) is 13.2 Å². The molecule has 0 saturated carbocycles. The number of rotatable bonds is 8. The van der Waals surface area contributed by atoms with Gasteiger partial charge in [0.2, 0.25) is 0 Å². The molecule has 2 aliphatic heterocycles. The third-order valence-corrected chi connectivity index (χ3v) is 7.20. The highest BCUT2D eigenvalue weighted by atomic mass is 16.8. The molecule has 2 fully saturated rings. The molecule has 0 unspecified atom stereocenters. The summed E-state index contributed by atoms with van der Waals surface area (Å²) in [5.74, 6) is -0.798. The van der Waals surface area contributed by atoms with E-state index in [1.807, 2.05) is 38.1 Å². The van der Waals surface area contributed by atoms with Gasteiger partial charge in [-0.1, -0.05) is 72.8 Å². The normalized spacial score (nSPS) is 26.6. The van der Waals surface area contributed by atoms with Gasteiger partial charge < -0.3 is 28.8 Å². The molecule has 2 heterocycles. The third kappa shape index (κ3) is 4.89. The number of aliphatic hydroxyl groups is 1. The van der Waals surface area contributed by atoms with Gasteiger partial charge in [0, 0.05) is 0 Å². The molecule has 0 amide bonds. The molecule has 4 aromatic rings. The monoisotopic (exact) mass is 500 g/mol. The quantitative estimate of drug-likeness (QED) is 0.353. The minimum atomic E-state index is -1.11. The van der Waals surface area contributed by atoms with Crippen LogP contribution in [-0.4, -0.2) is 48.2 Å². The van der Waals surface area contributed by atoms with E-state index in [9.17, 15) is 5.11 Å². The Balaban J connectivity index is 1.19. The first-order valence-corrected chi connectivity index (χ1v) is 12.7. The molecule has 0 spiro atoms. The molecule has 0 bridgehead atoms. The van der Waals surface area contributed by atoms with Crippen LogP contribution in [-0.2, 0) is 36.9 Å². The molecule has 6 nitrogen and oxygen atoms in total. The van der Waals surface area contributed by atoms with Crippen molar-refractivity contribution >= 4 is 21.5 Å². The summed E-state index contributed by atoms with van der Waals surface area (Å²) in [7, 11) is 0. The second-order valence-electron chi connectivity index (χ2n) is 10.4. The van der Waals surface area contributed by atoms with Gasteiger partial charge in [0.25, 0.3) is 0 Å². The Bertz CT molecular complexity index is 1400. The zero-order chi connectivity index (χ0) is 25.5. The van der Waals surface area contributed by atoms with Crippen molar-refractivity contribution in [3.05, 3.63) is 96.1 Å². The molecule has 37 heavy (non-hydrogen) atoms. The van der Waals surface area contributed by atoms with E-state index in [1.54, 1.807) is 0 Å². The average Bonchev–Trinajstić information content (AvgIpc) is 3.35. The summed E-state index contributed by atoms with van der Waals surface area (Å²) in [5, 5.41) is 15.2. The fourth-order valence-electron chi connectivity index (χ4n) is 5.37.